The Labute approximate surface area is 236 Å². The molecule has 3 rings (SSSR count). The monoisotopic (exact) mass is 581 g/mol. The van der Waals surface area contributed by atoms with Crippen molar-refractivity contribution in [2.24, 2.45) is 17.3 Å². The van der Waals surface area contributed by atoms with Crippen molar-refractivity contribution in [3.05, 3.63) is 64.2 Å². The summed E-state index contributed by atoms with van der Waals surface area (Å²) < 4.78 is 39.8. The molecule has 40 heavy (non-hydrogen) atoms. The van der Waals surface area contributed by atoms with Gasteiger partial charge in [0.15, 0.2) is 0 Å². The third kappa shape index (κ3) is 8.61. The molecule has 0 aromatic heterocycles. The van der Waals surface area contributed by atoms with Crippen LogP contribution in [0, 0.1) is 17.3 Å². The van der Waals surface area contributed by atoms with Gasteiger partial charge in [-0.05, 0) is 78.8 Å². The number of nitrogens with one attached hydrogen (secondary N) is 3. The fourth-order valence-electron chi connectivity index (χ4n) is 5.15. The number of halogens is 4. The number of aliphatic carboxylic acids is 1. The minimum absolute atomic E-state index is 0.00195. The van der Waals surface area contributed by atoms with Gasteiger partial charge in [-0.1, -0.05) is 44.5 Å². The summed E-state index contributed by atoms with van der Waals surface area (Å²) in [7, 11) is 0. The molecule has 1 aliphatic carbocycles. The molecule has 0 radical (unpaired) electrons. The highest BCUT2D eigenvalue weighted by Crippen LogP contribution is 2.43. The molecule has 1 fully saturated rings. The van der Waals surface area contributed by atoms with E-state index in [1.54, 1.807) is 24.3 Å². The number of carbonyl (C=O) groups is 3. The molecule has 1 saturated carbocycles. The van der Waals surface area contributed by atoms with Crippen LogP contribution in [0.5, 0.6) is 0 Å². The van der Waals surface area contributed by atoms with Crippen molar-refractivity contribution < 1.29 is 32.7 Å². The number of urea groups is 1. The standard InChI is InChI=1S/C29H35ClF3N3O4/c1-28(2,3)20-10-8-18(9-11-20)25(17-4-6-19(7-5-17)26(39)34-15-14-24(37)38)36-27(40)35-21-12-13-23(30)22(16-21)29(31,32)33/h4-7,12-13,16,18,20,25H,8-11,14-15H2,1-3H3,(H,34,39)(H,37,38)(H2,35,36,40). The van der Waals surface area contributed by atoms with Crippen molar-refractivity contribution in [2.75, 3.05) is 11.9 Å². The highest BCUT2D eigenvalue weighted by molar-refractivity contribution is 6.31. The summed E-state index contributed by atoms with van der Waals surface area (Å²) in [6.07, 6.45) is -1.21. The minimum atomic E-state index is -4.67. The molecule has 0 saturated heterocycles. The van der Waals surface area contributed by atoms with Crippen LogP contribution in [-0.4, -0.2) is 29.6 Å². The highest BCUT2D eigenvalue weighted by Gasteiger charge is 2.35. The molecule has 0 aliphatic heterocycles. The van der Waals surface area contributed by atoms with E-state index in [0.29, 0.717) is 11.5 Å². The van der Waals surface area contributed by atoms with Gasteiger partial charge in [-0.25, -0.2) is 4.79 Å². The molecule has 0 heterocycles. The average Bonchev–Trinajstić information content (AvgIpc) is 2.87. The molecular weight excluding hydrogens is 547 g/mol. The van der Waals surface area contributed by atoms with E-state index in [0.717, 1.165) is 43.4 Å². The number of alkyl halides is 3. The maximum Gasteiger partial charge on any atom is 0.417 e. The van der Waals surface area contributed by atoms with Crippen molar-refractivity contribution >= 4 is 35.2 Å². The van der Waals surface area contributed by atoms with Crippen LogP contribution in [0.15, 0.2) is 42.5 Å². The zero-order valence-electron chi connectivity index (χ0n) is 22.7. The second-order valence-corrected chi connectivity index (χ2v) is 11.7. The van der Waals surface area contributed by atoms with Gasteiger partial charge in [-0.2, -0.15) is 13.2 Å². The molecule has 2 aromatic rings. The van der Waals surface area contributed by atoms with E-state index in [2.05, 4.69) is 36.7 Å². The lowest BCUT2D eigenvalue weighted by Crippen LogP contribution is -2.38. The number of hydrogen-bond acceptors (Lipinski definition) is 3. The first-order chi connectivity index (χ1) is 18.6. The van der Waals surface area contributed by atoms with E-state index >= 15 is 0 Å². The largest absolute Gasteiger partial charge is 0.481 e. The molecule has 2 aromatic carbocycles. The summed E-state index contributed by atoms with van der Waals surface area (Å²) in [6, 6.07) is 8.76. The second-order valence-electron chi connectivity index (χ2n) is 11.3. The van der Waals surface area contributed by atoms with Crippen LogP contribution < -0.4 is 16.0 Å². The SMILES string of the molecule is CC(C)(C)C1CCC(C(NC(=O)Nc2ccc(Cl)c(C(F)(F)F)c2)c2ccc(C(=O)NCCC(=O)O)cc2)CC1. The number of hydrogen-bond donors (Lipinski definition) is 4. The number of carbonyl (C=O) groups excluding carboxylic acids is 2. The molecule has 1 atom stereocenters. The van der Waals surface area contributed by atoms with E-state index in [4.69, 9.17) is 16.7 Å². The molecule has 0 bridgehead atoms. The average molecular weight is 582 g/mol. The summed E-state index contributed by atoms with van der Waals surface area (Å²) in [5, 5.41) is 16.3. The predicted octanol–water partition coefficient (Wildman–Crippen LogP) is 7.28. The Morgan fingerprint density at radius 2 is 1.62 bits per heavy atom. The van der Waals surface area contributed by atoms with E-state index in [-0.39, 0.29) is 30.0 Å². The first-order valence-electron chi connectivity index (χ1n) is 13.2. The van der Waals surface area contributed by atoms with Gasteiger partial charge in [-0.15, -0.1) is 0 Å². The number of carboxylic acids is 1. The van der Waals surface area contributed by atoms with E-state index in [1.165, 1.54) is 6.07 Å². The second kappa shape index (κ2) is 12.9. The summed E-state index contributed by atoms with van der Waals surface area (Å²) in [5.74, 6) is -0.818. The Hall–Kier alpha value is -3.27. The fourth-order valence-corrected chi connectivity index (χ4v) is 5.37. The van der Waals surface area contributed by atoms with Gasteiger partial charge in [-0.3, -0.25) is 9.59 Å². The van der Waals surface area contributed by atoms with E-state index < -0.39 is 40.7 Å². The van der Waals surface area contributed by atoms with Gasteiger partial charge in [0, 0.05) is 17.8 Å². The van der Waals surface area contributed by atoms with Crippen LogP contribution in [0.2, 0.25) is 5.02 Å². The van der Waals surface area contributed by atoms with E-state index in [1.807, 2.05) is 0 Å². The Morgan fingerprint density at radius 1 is 1.00 bits per heavy atom. The van der Waals surface area contributed by atoms with Crippen molar-refractivity contribution in [1.82, 2.24) is 10.6 Å². The van der Waals surface area contributed by atoms with Crippen LogP contribution in [0.4, 0.5) is 23.7 Å². The Bertz CT molecular complexity index is 1200. The summed E-state index contributed by atoms with van der Waals surface area (Å²) >= 11 is 5.70. The summed E-state index contributed by atoms with van der Waals surface area (Å²) in [5.41, 5.74) is 0.170. The minimum Gasteiger partial charge on any atom is -0.481 e. The lowest BCUT2D eigenvalue weighted by molar-refractivity contribution is -0.138. The first-order valence-corrected chi connectivity index (χ1v) is 13.6. The van der Waals surface area contributed by atoms with Crippen molar-refractivity contribution in [1.29, 1.82) is 0 Å². The van der Waals surface area contributed by atoms with Crippen LogP contribution >= 0.6 is 11.6 Å². The topological polar surface area (TPSA) is 108 Å². The van der Waals surface area contributed by atoms with Crippen molar-refractivity contribution in [2.45, 2.75) is 65.1 Å². The summed E-state index contributed by atoms with van der Waals surface area (Å²) in [6.45, 7) is 6.63. The van der Waals surface area contributed by atoms with Crippen LogP contribution in [-0.2, 0) is 11.0 Å². The Balaban J connectivity index is 1.78. The normalized spacial score (nSPS) is 18.5. The maximum absolute atomic E-state index is 13.3. The van der Waals surface area contributed by atoms with Crippen LogP contribution in [0.25, 0.3) is 0 Å². The molecule has 7 nitrogen and oxygen atoms in total. The van der Waals surface area contributed by atoms with Gasteiger partial charge in [0.25, 0.3) is 5.91 Å². The Morgan fingerprint density at radius 3 is 2.17 bits per heavy atom. The quantitative estimate of drug-likeness (QED) is 0.263. The molecule has 1 unspecified atom stereocenters. The smallest absolute Gasteiger partial charge is 0.417 e. The number of anilines is 1. The van der Waals surface area contributed by atoms with Gasteiger partial charge in [0.1, 0.15) is 0 Å². The zero-order chi connectivity index (χ0) is 29.7. The molecule has 3 amide bonds. The number of benzene rings is 2. The van der Waals surface area contributed by atoms with E-state index in [9.17, 15) is 27.6 Å². The molecule has 218 valence electrons. The van der Waals surface area contributed by atoms with Crippen molar-refractivity contribution in [3.8, 4) is 0 Å². The molecule has 1 aliphatic rings. The summed E-state index contributed by atoms with van der Waals surface area (Å²) in [4.78, 5) is 36.1. The predicted molar refractivity (Wildman–Crippen MR) is 147 cm³/mol. The zero-order valence-corrected chi connectivity index (χ0v) is 23.5. The number of amides is 3. The van der Waals surface area contributed by atoms with Crippen LogP contribution in [0.3, 0.4) is 0 Å². The van der Waals surface area contributed by atoms with Crippen LogP contribution in [0.1, 0.15) is 80.4 Å². The molecule has 4 N–H and O–H groups in total. The van der Waals surface area contributed by atoms with Gasteiger partial charge < -0.3 is 21.1 Å². The number of carboxylic acid groups (broad SMARTS) is 1. The van der Waals surface area contributed by atoms with Gasteiger partial charge in [0.05, 0.1) is 23.0 Å². The van der Waals surface area contributed by atoms with Gasteiger partial charge >= 0.3 is 18.2 Å². The van der Waals surface area contributed by atoms with Crippen molar-refractivity contribution in [3.63, 3.8) is 0 Å². The van der Waals surface area contributed by atoms with Gasteiger partial charge in [0.2, 0.25) is 0 Å². The first kappa shape index (κ1) is 31.3. The fraction of sp³-hybridized carbons (Fsp3) is 0.483. The third-order valence-corrected chi connectivity index (χ3v) is 7.77. The maximum atomic E-state index is 13.3. The number of rotatable bonds is 8. The molecular formula is C29H35ClF3N3O4. The lowest BCUT2D eigenvalue weighted by Gasteiger charge is -2.39. The Kier molecular flexibility index (Phi) is 10.1. The lowest BCUT2D eigenvalue weighted by atomic mass is 9.68. The highest BCUT2D eigenvalue weighted by atomic mass is 35.5. The molecule has 11 heteroatoms. The third-order valence-electron chi connectivity index (χ3n) is 7.44. The molecule has 0 spiro atoms.